The summed E-state index contributed by atoms with van der Waals surface area (Å²) in [5.74, 6) is -0.896. The van der Waals surface area contributed by atoms with Gasteiger partial charge in [-0.2, -0.15) is 0 Å². The molecule has 4 amide bonds. The van der Waals surface area contributed by atoms with E-state index in [2.05, 4.69) is 5.32 Å². The van der Waals surface area contributed by atoms with Gasteiger partial charge in [-0.25, -0.2) is 9.69 Å². The van der Waals surface area contributed by atoms with Crippen molar-refractivity contribution in [3.63, 3.8) is 0 Å². The van der Waals surface area contributed by atoms with Gasteiger partial charge in [0, 0.05) is 10.0 Å². The maximum absolute atomic E-state index is 13.3. The highest BCUT2D eigenvalue weighted by atomic mass is 35.5. The van der Waals surface area contributed by atoms with Crippen molar-refractivity contribution in [3.8, 4) is 5.75 Å². The van der Waals surface area contributed by atoms with E-state index in [1.165, 1.54) is 12.1 Å². The zero-order valence-electron chi connectivity index (χ0n) is 18.4. The number of ether oxygens (including phenoxy) is 1. The number of anilines is 1. The number of carbonyl (C=O) groups excluding carboxylic acids is 3. The normalized spacial score (nSPS) is 15.0. The van der Waals surface area contributed by atoms with Crippen molar-refractivity contribution in [2.75, 3.05) is 12.0 Å². The van der Waals surface area contributed by atoms with Crippen molar-refractivity contribution in [1.82, 2.24) is 5.32 Å². The maximum Gasteiger partial charge on any atom is 0.335 e. The molecule has 0 saturated carbocycles. The summed E-state index contributed by atoms with van der Waals surface area (Å²) in [6, 6.07) is 16.7. The fraction of sp³-hybridized carbons (Fsp3) is 0.115. The van der Waals surface area contributed by atoms with Crippen LogP contribution in [-0.4, -0.2) is 25.0 Å². The minimum atomic E-state index is -0.835. The SMILES string of the molecule is COc1ccc(/C=C2\C(=O)NC(=O)N(c3ccc(C)c(Cl)c3)C2=O)c(Cc2ccccc2Cl)c1. The number of carbonyl (C=O) groups is 3. The van der Waals surface area contributed by atoms with E-state index in [1.54, 1.807) is 37.4 Å². The van der Waals surface area contributed by atoms with Gasteiger partial charge in [-0.15, -0.1) is 0 Å². The molecular weight excluding hydrogens is 475 g/mol. The number of barbiturate groups is 1. The summed E-state index contributed by atoms with van der Waals surface area (Å²) in [6.07, 6.45) is 1.92. The lowest BCUT2D eigenvalue weighted by Gasteiger charge is -2.26. The van der Waals surface area contributed by atoms with E-state index >= 15 is 0 Å². The second-order valence-electron chi connectivity index (χ2n) is 7.72. The van der Waals surface area contributed by atoms with Crippen LogP contribution in [0.3, 0.4) is 0 Å². The lowest BCUT2D eigenvalue weighted by Crippen LogP contribution is -2.54. The Morgan fingerprint density at radius 3 is 2.41 bits per heavy atom. The number of methoxy groups -OCH3 is 1. The van der Waals surface area contributed by atoms with Crippen molar-refractivity contribution in [1.29, 1.82) is 0 Å². The van der Waals surface area contributed by atoms with E-state index in [0.717, 1.165) is 21.6 Å². The summed E-state index contributed by atoms with van der Waals surface area (Å²) in [6.45, 7) is 1.81. The number of hydrogen-bond acceptors (Lipinski definition) is 4. The van der Waals surface area contributed by atoms with Crippen LogP contribution in [0.25, 0.3) is 6.08 Å². The Labute approximate surface area is 206 Å². The molecule has 172 valence electrons. The Bertz CT molecular complexity index is 1350. The number of aryl methyl sites for hydroxylation is 1. The highest BCUT2D eigenvalue weighted by Gasteiger charge is 2.37. The molecule has 1 saturated heterocycles. The monoisotopic (exact) mass is 494 g/mol. The predicted molar refractivity (Wildman–Crippen MR) is 132 cm³/mol. The summed E-state index contributed by atoms with van der Waals surface area (Å²) < 4.78 is 5.35. The van der Waals surface area contributed by atoms with E-state index in [9.17, 15) is 14.4 Å². The third-order valence-corrected chi connectivity index (χ3v) is 6.28. The average molecular weight is 495 g/mol. The molecule has 0 bridgehead atoms. The van der Waals surface area contributed by atoms with Gasteiger partial charge in [-0.3, -0.25) is 14.9 Å². The van der Waals surface area contributed by atoms with Gasteiger partial charge < -0.3 is 4.74 Å². The largest absolute Gasteiger partial charge is 0.497 e. The van der Waals surface area contributed by atoms with Gasteiger partial charge in [0.2, 0.25) is 0 Å². The number of benzene rings is 3. The van der Waals surface area contributed by atoms with Crippen LogP contribution in [0.5, 0.6) is 5.75 Å². The molecule has 8 heteroatoms. The summed E-state index contributed by atoms with van der Waals surface area (Å²) in [7, 11) is 1.56. The molecule has 0 aromatic heterocycles. The van der Waals surface area contributed by atoms with Gasteiger partial charge in [-0.1, -0.05) is 53.5 Å². The van der Waals surface area contributed by atoms with Crippen molar-refractivity contribution >= 4 is 52.8 Å². The number of hydrogen-bond donors (Lipinski definition) is 1. The molecule has 0 spiro atoms. The molecule has 1 N–H and O–H groups in total. The number of amides is 4. The summed E-state index contributed by atoms with van der Waals surface area (Å²) in [5.41, 5.74) is 3.18. The van der Waals surface area contributed by atoms with Crippen LogP contribution >= 0.6 is 23.2 Å². The van der Waals surface area contributed by atoms with Gasteiger partial charge in [0.15, 0.2) is 0 Å². The van der Waals surface area contributed by atoms with Crippen LogP contribution in [0, 0.1) is 6.92 Å². The fourth-order valence-corrected chi connectivity index (χ4v) is 4.00. The zero-order chi connectivity index (χ0) is 24.4. The van der Waals surface area contributed by atoms with E-state index in [1.807, 2.05) is 31.2 Å². The molecule has 3 aromatic carbocycles. The van der Waals surface area contributed by atoms with Crippen LogP contribution in [0.2, 0.25) is 10.0 Å². The Kier molecular flexibility index (Phi) is 6.72. The Morgan fingerprint density at radius 1 is 0.941 bits per heavy atom. The molecule has 6 nitrogen and oxygen atoms in total. The number of halogens is 2. The van der Waals surface area contributed by atoms with Crippen LogP contribution in [0.1, 0.15) is 22.3 Å². The van der Waals surface area contributed by atoms with Crippen molar-refractivity contribution < 1.29 is 19.1 Å². The van der Waals surface area contributed by atoms with Crippen LogP contribution in [0.4, 0.5) is 10.5 Å². The molecule has 1 heterocycles. The lowest BCUT2D eigenvalue weighted by atomic mass is 9.97. The minimum absolute atomic E-state index is 0.179. The van der Waals surface area contributed by atoms with E-state index in [4.69, 9.17) is 27.9 Å². The van der Waals surface area contributed by atoms with E-state index < -0.39 is 17.8 Å². The van der Waals surface area contributed by atoms with Crippen LogP contribution in [-0.2, 0) is 16.0 Å². The van der Waals surface area contributed by atoms with Gasteiger partial charge >= 0.3 is 6.03 Å². The Morgan fingerprint density at radius 2 is 1.71 bits per heavy atom. The lowest BCUT2D eigenvalue weighted by molar-refractivity contribution is -0.122. The van der Waals surface area contributed by atoms with Crippen molar-refractivity contribution in [2.24, 2.45) is 0 Å². The minimum Gasteiger partial charge on any atom is -0.497 e. The highest BCUT2D eigenvalue weighted by Crippen LogP contribution is 2.29. The number of imide groups is 2. The first-order chi connectivity index (χ1) is 16.3. The van der Waals surface area contributed by atoms with Gasteiger partial charge in [0.25, 0.3) is 11.8 Å². The summed E-state index contributed by atoms with van der Waals surface area (Å²) in [4.78, 5) is 39.3. The Hall–Kier alpha value is -3.61. The van der Waals surface area contributed by atoms with Crippen LogP contribution in [0.15, 0.2) is 66.2 Å². The van der Waals surface area contributed by atoms with Gasteiger partial charge in [0.1, 0.15) is 11.3 Å². The average Bonchev–Trinajstić information content (AvgIpc) is 2.81. The molecule has 0 atom stereocenters. The molecule has 4 rings (SSSR count). The molecule has 1 aliphatic heterocycles. The van der Waals surface area contributed by atoms with Crippen molar-refractivity contribution in [3.05, 3.63) is 98.5 Å². The van der Waals surface area contributed by atoms with E-state index in [0.29, 0.717) is 27.8 Å². The maximum atomic E-state index is 13.3. The number of nitrogens with one attached hydrogen (secondary N) is 1. The number of urea groups is 1. The molecule has 1 aliphatic rings. The van der Waals surface area contributed by atoms with E-state index in [-0.39, 0.29) is 11.3 Å². The Balaban J connectivity index is 1.77. The second kappa shape index (κ2) is 9.71. The standard InChI is InChI=1S/C26H20Cl2N2O4/c1-15-7-9-19(14-23(15)28)30-25(32)21(24(31)29-26(30)33)13-16-8-10-20(34-2)12-18(16)11-17-5-3-4-6-22(17)27/h3-10,12-14H,11H2,1-2H3,(H,29,31,33)/b21-13+. The third-order valence-electron chi connectivity index (χ3n) is 5.50. The third kappa shape index (κ3) is 4.69. The smallest absolute Gasteiger partial charge is 0.335 e. The molecule has 1 fully saturated rings. The first-order valence-corrected chi connectivity index (χ1v) is 11.1. The van der Waals surface area contributed by atoms with Gasteiger partial charge in [-0.05, 0) is 72.0 Å². The highest BCUT2D eigenvalue weighted by molar-refractivity contribution is 6.39. The number of nitrogens with zero attached hydrogens (tertiary/aromatic N) is 1. The topological polar surface area (TPSA) is 75.7 Å². The molecule has 0 aliphatic carbocycles. The number of rotatable bonds is 5. The molecular formula is C26H20Cl2N2O4. The first-order valence-electron chi connectivity index (χ1n) is 10.4. The molecule has 0 radical (unpaired) electrons. The fourth-order valence-electron chi connectivity index (χ4n) is 3.62. The predicted octanol–water partition coefficient (Wildman–Crippen LogP) is 5.57. The molecule has 34 heavy (non-hydrogen) atoms. The first kappa shape index (κ1) is 23.5. The second-order valence-corrected chi connectivity index (χ2v) is 8.54. The summed E-state index contributed by atoms with van der Waals surface area (Å²) >= 11 is 12.5. The summed E-state index contributed by atoms with van der Waals surface area (Å²) in [5, 5.41) is 3.23. The molecule has 0 unspecified atom stereocenters. The zero-order valence-corrected chi connectivity index (χ0v) is 19.9. The molecule has 3 aromatic rings. The quantitative estimate of drug-likeness (QED) is 0.371. The van der Waals surface area contributed by atoms with Crippen LogP contribution < -0.4 is 15.0 Å². The van der Waals surface area contributed by atoms with Gasteiger partial charge in [0.05, 0.1) is 12.8 Å². The van der Waals surface area contributed by atoms with Crippen molar-refractivity contribution in [2.45, 2.75) is 13.3 Å².